The second kappa shape index (κ2) is 7.95. The first-order valence-electron chi connectivity index (χ1n) is 8.94. The smallest absolute Gasteiger partial charge is 0.0236 e. The first-order valence-corrected chi connectivity index (χ1v) is 8.94. The van der Waals surface area contributed by atoms with Crippen molar-refractivity contribution in [2.24, 2.45) is 0 Å². The molecule has 1 N–H and O–H groups in total. The van der Waals surface area contributed by atoms with Crippen molar-refractivity contribution in [3.8, 4) is 0 Å². The molecule has 0 amide bonds. The van der Waals surface area contributed by atoms with Crippen LogP contribution in [0.2, 0.25) is 0 Å². The first kappa shape index (κ1) is 15.1. The molecule has 0 unspecified atom stereocenters. The number of benzene rings is 1. The van der Waals surface area contributed by atoms with Crippen LogP contribution in [0, 0.1) is 0 Å². The zero-order chi connectivity index (χ0) is 14.3. The fourth-order valence-electron chi connectivity index (χ4n) is 3.88. The van der Waals surface area contributed by atoms with Crippen LogP contribution in [0.25, 0.3) is 0 Å². The molecule has 1 aromatic carbocycles. The highest BCUT2D eigenvalue weighted by Crippen LogP contribution is 2.19. The molecule has 2 aliphatic rings. The standard InChI is InChI=1S/C19H30N2/c1-2-11-19(12-3-1)20-13-7-15-21-14-6-10-17-8-4-5-9-18(17)16-21/h4-5,8-9,19-20H,1-3,6-7,10-16H2. The highest BCUT2D eigenvalue weighted by Gasteiger charge is 2.14. The van der Waals surface area contributed by atoms with Gasteiger partial charge >= 0.3 is 0 Å². The van der Waals surface area contributed by atoms with Gasteiger partial charge in [0, 0.05) is 12.6 Å². The predicted molar refractivity (Wildman–Crippen MR) is 89.5 cm³/mol. The van der Waals surface area contributed by atoms with Crippen molar-refractivity contribution in [1.29, 1.82) is 0 Å². The van der Waals surface area contributed by atoms with Gasteiger partial charge in [0.05, 0.1) is 0 Å². The third-order valence-electron chi connectivity index (χ3n) is 5.12. The molecule has 116 valence electrons. The van der Waals surface area contributed by atoms with Crippen molar-refractivity contribution in [3.63, 3.8) is 0 Å². The van der Waals surface area contributed by atoms with Crippen LogP contribution >= 0.6 is 0 Å². The summed E-state index contributed by atoms with van der Waals surface area (Å²) < 4.78 is 0. The van der Waals surface area contributed by atoms with Gasteiger partial charge in [-0.15, -0.1) is 0 Å². The quantitative estimate of drug-likeness (QED) is 0.829. The predicted octanol–water partition coefficient (Wildman–Crippen LogP) is 3.75. The van der Waals surface area contributed by atoms with Gasteiger partial charge in [0.1, 0.15) is 0 Å². The zero-order valence-electron chi connectivity index (χ0n) is 13.3. The molecular formula is C19H30N2. The van der Waals surface area contributed by atoms with Crippen LogP contribution in [0.15, 0.2) is 24.3 Å². The summed E-state index contributed by atoms with van der Waals surface area (Å²) in [6, 6.07) is 9.80. The number of aryl methyl sites for hydroxylation is 1. The Bertz CT molecular complexity index is 423. The van der Waals surface area contributed by atoms with E-state index >= 15 is 0 Å². The van der Waals surface area contributed by atoms with Gasteiger partial charge in [0.25, 0.3) is 0 Å². The summed E-state index contributed by atoms with van der Waals surface area (Å²) >= 11 is 0. The zero-order valence-corrected chi connectivity index (χ0v) is 13.3. The summed E-state index contributed by atoms with van der Waals surface area (Å²) in [6.07, 6.45) is 11.0. The average molecular weight is 286 g/mol. The Morgan fingerprint density at radius 3 is 2.67 bits per heavy atom. The minimum Gasteiger partial charge on any atom is -0.314 e. The minimum absolute atomic E-state index is 0.809. The highest BCUT2D eigenvalue weighted by molar-refractivity contribution is 5.27. The Morgan fingerprint density at radius 2 is 1.81 bits per heavy atom. The van der Waals surface area contributed by atoms with Gasteiger partial charge < -0.3 is 5.32 Å². The van der Waals surface area contributed by atoms with E-state index in [1.807, 2.05) is 0 Å². The summed E-state index contributed by atoms with van der Waals surface area (Å²) in [5, 5.41) is 3.77. The fourth-order valence-corrected chi connectivity index (χ4v) is 3.88. The van der Waals surface area contributed by atoms with Crippen molar-refractivity contribution in [2.45, 2.75) is 64.0 Å². The van der Waals surface area contributed by atoms with Crippen molar-refractivity contribution < 1.29 is 0 Å². The third-order valence-corrected chi connectivity index (χ3v) is 5.12. The lowest BCUT2D eigenvalue weighted by Crippen LogP contribution is -2.34. The van der Waals surface area contributed by atoms with Gasteiger partial charge in [-0.25, -0.2) is 0 Å². The molecule has 1 saturated carbocycles. The van der Waals surface area contributed by atoms with E-state index in [0.717, 1.165) is 12.6 Å². The van der Waals surface area contributed by atoms with Crippen LogP contribution in [0.1, 0.15) is 56.1 Å². The van der Waals surface area contributed by atoms with Crippen molar-refractivity contribution >= 4 is 0 Å². The highest BCUT2D eigenvalue weighted by atomic mass is 15.1. The van der Waals surface area contributed by atoms with Crippen LogP contribution in [0.4, 0.5) is 0 Å². The number of nitrogens with one attached hydrogen (secondary N) is 1. The number of hydrogen-bond donors (Lipinski definition) is 1. The molecule has 0 aromatic heterocycles. The van der Waals surface area contributed by atoms with Crippen LogP contribution in [0.5, 0.6) is 0 Å². The Morgan fingerprint density at radius 1 is 1.00 bits per heavy atom. The largest absolute Gasteiger partial charge is 0.314 e. The number of nitrogens with zero attached hydrogens (tertiary/aromatic N) is 1. The maximum atomic E-state index is 3.77. The molecule has 0 bridgehead atoms. The normalized spacial score (nSPS) is 21.0. The maximum Gasteiger partial charge on any atom is 0.0236 e. The maximum absolute atomic E-state index is 3.77. The lowest BCUT2D eigenvalue weighted by atomic mass is 9.95. The number of hydrogen-bond acceptors (Lipinski definition) is 2. The van der Waals surface area contributed by atoms with Crippen LogP contribution in [-0.4, -0.2) is 30.6 Å². The van der Waals surface area contributed by atoms with E-state index in [1.165, 1.54) is 71.0 Å². The lowest BCUT2D eigenvalue weighted by molar-refractivity contribution is 0.260. The van der Waals surface area contributed by atoms with Crippen molar-refractivity contribution in [2.75, 3.05) is 19.6 Å². The van der Waals surface area contributed by atoms with E-state index in [-0.39, 0.29) is 0 Å². The molecule has 1 aliphatic heterocycles. The number of rotatable bonds is 5. The molecule has 0 saturated heterocycles. The summed E-state index contributed by atoms with van der Waals surface area (Å²) in [4.78, 5) is 2.65. The Kier molecular flexibility index (Phi) is 5.70. The van der Waals surface area contributed by atoms with Gasteiger partial charge in [-0.1, -0.05) is 43.5 Å². The van der Waals surface area contributed by atoms with Gasteiger partial charge in [-0.3, -0.25) is 4.90 Å². The molecule has 3 rings (SSSR count). The van der Waals surface area contributed by atoms with Crippen LogP contribution < -0.4 is 5.32 Å². The molecule has 1 fully saturated rings. The molecule has 1 heterocycles. The van der Waals surface area contributed by atoms with E-state index in [1.54, 1.807) is 11.1 Å². The van der Waals surface area contributed by atoms with Gasteiger partial charge in [0.2, 0.25) is 0 Å². The molecule has 2 heteroatoms. The lowest BCUT2D eigenvalue weighted by Gasteiger charge is -2.24. The van der Waals surface area contributed by atoms with E-state index < -0.39 is 0 Å². The summed E-state index contributed by atoms with van der Waals surface area (Å²) in [5.74, 6) is 0. The van der Waals surface area contributed by atoms with Gasteiger partial charge in [-0.2, -0.15) is 0 Å². The topological polar surface area (TPSA) is 15.3 Å². The van der Waals surface area contributed by atoms with Gasteiger partial charge in [0.15, 0.2) is 0 Å². The average Bonchev–Trinajstić information content (AvgIpc) is 2.74. The third kappa shape index (κ3) is 4.55. The van der Waals surface area contributed by atoms with E-state index in [4.69, 9.17) is 0 Å². The van der Waals surface area contributed by atoms with E-state index in [9.17, 15) is 0 Å². The molecule has 0 atom stereocenters. The Hall–Kier alpha value is -0.860. The minimum atomic E-state index is 0.809. The first-order chi connectivity index (χ1) is 10.4. The van der Waals surface area contributed by atoms with Crippen LogP contribution in [-0.2, 0) is 13.0 Å². The molecule has 2 nitrogen and oxygen atoms in total. The van der Waals surface area contributed by atoms with Gasteiger partial charge in [-0.05, 0) is 62.9 Å². The SMILES string of the molecule is c1ccc2c(c1)CCCN(CCCNC1CCCCC1)C2. The molecule has 0 radical (unpaired) electrons. The summed E-state index contributed by atoms with van der Waals surface area (Å²) in [6.45, 7) is 4.86. The molecule has 1 aromatic rings. The molecule has 1 aliphatic carbocycles. The fraction of sp³-hybridized carbons (Fsp3) is 0.684. The Balaban J connectivity index is 1.39. The van der Waals surface area contributed by atoms with Crippen molar-refractivity contribution in [1.82, 2.24) is 10.2 Å². The molecule has 21 heavy (non-hydrogen) atoms. The van der Waals surface area contributed by atoms with Crippen molar-refractivity contribution in [3.05, 3.63) is 35.4 Å². The van der Waals surface area contributed by atoms with Crippen LogP contribution in [0.3, 0.4) is 0 Å². The second-order valence-electron chi connectivity index (χ2n) is 6.79. The Labute approximate surface area is 129 Å². The summed E-state index contributed by atoms with van der Waals surface area (Å²) in [5.41, 5.74) is 3.12. The van der Waals surface area contributed by atoms with E-state index in [0.29, 0.717) is 0 Å². The molecular weight excluding hydrogens is 256 g/mol. The summed E-state index contributed by atoms with van der Waals surface area (Å²) in [7, 11) is 0. The monoisotopic (exact) mass is 286 g/mol. The molecule has 0 spiro atoms. The van der Waals surface area contributed by atoms with E-state index in [2.05, 4.69) is 34.5 Å². The number of fused-ring (bicyclic) bond motifs is 1. The second-order valence-corrected chi connectivity index (χ2v) is 6.79.